The van der Waals surface area contributed by atoms with Crippen LogP contribution in [0.15, 0.2) is 11.0 Å². The molecule has 1 aromatic rings. The molecule has 0 aliphatic rings. The number of aromatic amines is 1. The highest BCUT2D eigenvalue weighted by atomic mass is 35.5. The second-order valence-corrected chi connectivity index (χ2v) is 2.60. The van der Waals surface area contributed by atoms with E-state index in [2.05, 4.69) is 0 Å². The highest BCUT2D eigenvalue weighted by molar-refractivity contribution is 6.33. The van der Waals surface area contributed by atoms with Gasteiger partial charge in [-0.3, -0.25) is 9.59 Å². The fourth-order valence-electron chi connectivity index (χ4n) is 0.820. The lowest BCUT2D eigenvalue weighted by Gasteiger charge is -2.02. The van der Waals surface area contributed by atoms with Crippen LogP contribution in [0.2, 0.25) is 5.02 Å². The SMILES string of the molecule is O=Cc1c[nH]c(=O)c(C(F)F)c1Cl. The van der Waals surface area contributed by atoms with Crippen LogP contribution in [0.4, 0.5) is 8.78 Å². The molecule has 0 aromatic carbocycles. The van der Waals surface area contributed by atoms with E-state index in [-0.39, 0.29) is 5.56 Å². The van der Waals surface area contributed by atoms with Crippen LogP contribution in [-0.2, 0) is 0 Å². The molecule has 1 rings (SSSR count). The smallest absolute Gasteiger partial charge is 0.270 e. The zero-order valence-electron chi connectivity index (χ0n) is 6.18. The Morgan fingerprint density at radius 3 is 2.62 bits per heavy atom. The molecule has 0 spiro atoms. The molecular weight excluding hydrogens is 204 g/mol. The van der Waals surface area contributed by atoms with Gasteiger partial charge in [0.1, 0.15) is 5.56 Å². The van der Waals surface area contributed by atoms with Crippen LogP contribution in [0.25, 0.3) is 0 Å². The van der Waals surface area contributed by atoms with E-state index in [1.807, 2.05) is 4.98 Å². The van der Waals surface area contributed by atoms with Gasteiger partial charge in [0.15, 0.2) is 6.29 Å². The third-order valence-electron chi connectivity index (χ3n) is 1.44. The Bertz CT molecular complexity index is 389. The number of aldehydes is 1. The first-order valence-corrected chi connectivity index (χ1v) is 3.60. The van der Waals surface area contributed by atoms with Crippen molar-refractivity contribution in [3.63, 3.8) is 0 Å². The van der Waals surface area contributed by atoms with E-state index >= 15 is 0 Å². The number of carbonyl (C=O) groups is 1. The first-order chi connectivity index (χ1) is 6.07. The predicted octanol–water partition coefficient (Wildman–Crippen LogP) is 1.78. The summed E-state index contributed by atoms with van der Waals surface area (Å²) in [7, 11) is 0. The molecule has 0 radical (unpaired) electrons. The third kappa shape index (κ3) is 1.75. The number of carbonyl (C=O) groups excluding carboxylic acids is 1. The van der Waals surface area contributed by atoms with Gasteiger partial charge in [-0.15, -0.1) is 0 Å². The Labute approximate surface area is 76.3 Å². The highest BCUT2D eigenvalue weighted by Crippen LogP contribution is 2.24. The van der Waals surface area contributed by atoms with Crippen molar-refractivity contribution in [1.29, 1.82) is 0 Å². The van der Waals surface area contributed by atoms with Gasteiger partial charge in [0.05, 0.1) is 5.02 Å². The number of hydrogen-bond acceptors (Lipinski definition) is 2. The molecule has 0 amide bonds. The van der Waals surface area contributed by atoms with Crippen LogP contribution in [0.5, 0.6) is 0 Å². The van der Waals surface area contributed by atoms with Gasteiger partial charge in [0.25, 0.3) is 12.0 Å². The molecule has 0 unspecified atom stereocenters. The van der Waals surface area contributed by atoms with Gasteiger partial charge in [-0.2, -0.15) is 0 Å². The Morgan fingerprint density at radius 1 is 1.54 bits per heavy atom. The average molecular weight is 208 g/mol. The maximum absolute atomic E-state index is 12.2. The number of nitrogens with one attached hydrogen (secondary N) is 1. The fourth-order valence-corrected chi connectivity index (χ4v) is 1.09. The molecule has 70 valence electrons. The molecule has 0 aliphatic heterocycles. The van der Waals surface area contributed by atoms with Crippen molar-refractivity contribution in [1.82, 2.24) is 4.98 Å². The van der Waals surface area contributed by atoms with Crippen LogP contribution >= 0.6 is 11.6 Å². The normalized spacial score (nSPS) is 10.5. The number of H-pyrrole nitrogens is 1. The molecule has 0 fully saturated rings. The van der Waals surface area contributed by atoms with E-state index in [0.29, 0.717) is 6.29 Å². The summed E-state index contributed by atoms with van der Waals surface area (Å²) in [4.78, 5) is 23.1. The lowest BCUT2D eigenvalue weighted by molar-refractivity contribution is 0.112. The number of halogens is 3. The van der Waals surface area contributed by atoms with Crippen molar-refractivity contribution in [3.05, 3.63) is 32.7 Å². The molecular formula is C7H4ClF2NO2. The summed E-state index contributed by atoms with van der Waals surface area (Å²) in [5.74, 6) is 0. The molecule has 6 heteroatoms. The zero-order chi connectivity index (χ0) is 10.0. The van der Waals surface area contributed by atoms with E-state index in [9.17, 15) is 18.4 Å². The van der Waals surface area contributed by atoms with Crippen molar-refractivity contribution in [2.45, 2.75) is 6.43 Å². The van der Waals surface area contributed by atoms with Crippen LogP contribution in [0.3, 0.4) is 0 Å². The molecule has 1 aromatic heterocycles. The average Bonchev–Trinajstić information content (AvgIpc) is 2.04. The second-order valence-electron chi connectivity index (χ2n) is 2.22. The Balaban J connectivity index is 3.47. The fraction of sp³-hybridized carbons (Fsp3) is 0.143. The minimum atomic E-state index is -2.99. The summed E-state index contributed by atoms with van der Waals surface area (Å²) < 4.78 is 24.4. The summed E-state index contributed by atoms with van der Waals surface area (Å²) in [5, 5.41) is -0.492. The van der Waals surface area contributed by atoms with Crippen LogP contribution in [0.1, 0.15) is 22.3 Å². The van der Waals surface area contributed by atoms with Gasteiger partial charge in [-0.05, 0) is 0 Å². The second kappa shape index (κ2) is 3.66. The van der Waals surface area contributed by atoms with E-state index in [1.54, 1.807) is 0 Å². The third-order valence-corrected chi connectivity index (χ3v) is 1.86. The van der Waals surface area contributed by atoms with Crippen LogP contribution < -0.4 is 5.56 Å². The number of aromatic nitrogens is 1. The topological polar surface area (TPSA) is 49.9 Å². The van der Waals surface area contributed by atoms with Crippen LogP contribution in [-0.4, -0.2) is 11.3 Å². The highest BCUT2D eigenvalue weighted by Gasteiger charge is 2.18. The van der Waals surface area contributed by atoms with E-state index < -0.39 is 22.6 Å². The first-order valence-electron chi connectivity index (χ1n) is 3.22. The molecule has 13 heavy (non-hydrogen) atoms. The van der Waals surface area contributed by atoms with E-state index in [1.165, 1.54) is 0 Å². The molecule has 0 atom stereocenters. The van der Waals surface area contributed by atoms with Gasteiger partial charge in [-0.25, -0.2) is 8.78 Å². The van der Waals surface area contributed by atoms with Gasteiger partial charge < -0.3 is 4.98 Å². The number of pyridine rings is 1. The van der Waals surface area contributed by atoms with E-state index in [4.69, 9.17) is 11.6 Å². The molecule has 0 bridgehead atoms. The molecule has 0 saturated carbocycles. The molecule has 1 heterocycles. The Morgan fingerprint density at radius 2 is 2.15 bits per heavy atom. The minimum Gasteiger partial charge on any atom is -0.328 e. The van der Waals surface area contributed by atoms with Crippen LogP contribution in [0, 0.1) is 0 Å². The summed E-state index contributed by atoms with van der Waals surface area (Å²) in [5.41, 5.74) is -2.01. The minimum absolute atomic E-state index is 0.156. The summed E-state index contributed by atoms with van der Waals surface area (Å²) in [6.45, 7) is 0. The number of alkyl halides is 2. The van der Waals surface area contributed by atoms with Crippen molar-refractivity contribution < 1.29 is 13.6 Å². The summed E-state index contributed by atoms with van der Waals surface area (Å²) >= 11 is 5.38. The van der Waals surface area contributed by atoms with Crippen molar-refractivity contribution in [3.8, 4) is 0 Å². The Hall–Kier alpha value is -1.23. The number of hydrogen-bond donors (Lipinski definition) is 1. The molecule has 3 nitrogen and oxygen atoms in total. The zero-order valence-corrected chi connectivity index (χ0v) is 6.94. The van der Waals surface area contributed by atoms with E-state index in [0.717, 1.165) is 6.20 Å². The lowest BCUT2D eigenvalue weighted by Crippen LogP contribution is -2.14. The molecule has 1 N–H and O–H groups in total. The monoisotopic (exact) mass is 207 g/mol. The van der Waals surface area contributed by atoms with Gasteiger partial charge in [-0.1, -0.05) is 11.6 Å². The van der Waals surface area contributed by atoms with Crippen molar-refractivity contribution in [2.75, 3.05) is 0 Å². The maximum atomic E-state index is 12.2. The lowest BCUT2D eigenvalue weighted by atomic mass is 10.2. The predicted molar refractivity (Wildman–Crippen MR) is 42.4 cm³/mol. The summed E-state index contributed by atoms with van der Waals surface area (Å²) in [6.07, 6.45) is -1.70. The summed E-state index contributed by atoms with van der Waals surface area (Å²) in [6, 6.07) is 0. The maximum Gasteiger partial charge on any atom is 0.270 e. The van der Waals surface area contributed by atoms with Gasteiger partial charge in [0, 0.05) is 11.8 Å². The quantitative estimate of drug-likeness (QED) is 0.752. The molecule has 0 aliphatic carbocycles. The van der Waals surface area contributed by atoms with Gasteiger partial charge in [0.2, 0.25) is 0 Å². The van der Waals surface area contributed by atoms with Crippen molar-refractivity contribution in [2.24, 2.45) is 0 Å². The van der Waals surface area contributed by atoms with Gasteiger partial charge >= 0.3 is 0 Å². The Kier molecular flexibility index (Phi) is 2.77. The standard InChI is InChI=1S/C7H4ClF2NO2/c8-5-3(2-12)1-11-7(13)4(5)6(9)10/h1-2,6H,(H,11,13). The first kappa shape index (κ1) is 9.85. The molecule has 0 saturated heterocycles. The number of rotatable bonds is 2. The largest absolute Gasteiger partial charge is 0.328 e. The van der Waals surface area contributed by atoms with Crippen molar-refractivity contribution >= 4 is 17.9 Å².